The molecule has 2 rings (SSSR count). The minimum absolute atomic E-state index is 0.458. The van der Waals surface area contributed by atoms with Gasteiger partial charge in [0, 0.05) is 6.54 Å². The Hall–Kier alpha value is -1.54. The first-order valence-corrected chi connectivity index (χ1v) is 7.12. The van der Waals surface area contributed by atoms with Gasteiger partial charge in [0.15, 0.2) is 5.75 Å². The molecule has 1 heterocycles. The molecule has 0 aliphatic carbocycles. The van der Waals surface area contributed by atoms with Gasteiger partial charge >= 0.3 is 0 Å². The summed E-state index contributed by atoms with van der Waals surface area (Å²) in [6.07, 6.45) is 1.71. The Bertz CT molecular complexity index is 573. The van der Waals surface area contributed by atoms with Crippen LogP contribution in [0.15, 0.2) is 18.2 Å². The van der Waals surface area contributed by atoms with E-state index in [0.717, 1.165) is 29.7 Å². The van der Waals surface area contributed by atoms with Gasteiger partial charge in [0.05, 0.1) is 11.8 Å². The van der Waals surface area contributed by atoms with E-state index < -0.39 is 15.8 Å². The van der Waals surface area contributed by atoms with Gasteiger partial charge in [0.1, 0.15) is 0 Å². The van der Waals surface area contributed by atoms with Crippen LogP contribution in [-0.2, 0) is 16.4 Å². The molecule has 0 amide bonds. The summed E-state index contributed by atoms with van der Waals surface area (Å²) in [5, 5.41) is 8.57. The number of benzene rings is 1. The van der Waals surface area contributed by atoms with Crippen LogP contribution < -0.4 is 4.31 Å². The van der Waals surface area contributed by atoms with Crippen molar-refractivity contribution in [3.8, 4) is 6.07 Å². The summed E-state index contributed by atoms with van der Waals surface area (Å²) >= 11 is 0. The number of fused-ring (bicyclic) bond motifs is 1. The number of aryl methyl sites for hydroxylation is 2. The first kappa shape index (κ1) is 11.9. The minimum atomic E-state index is -3.49. The molecule has 1 aliphatic heterocycles. The molecule has 0 spiro atoms. The smallest absolute Gasteiger partial charge is 0.248 e. The zero-order valence-corrected chi connectivity index (χ0v) is 10.5. The van der Waals surface area contributed by atoms with E-state index in [-0.39, 0.29) is 0 Å². The molecule has 0 N–H and O–H groups in total. The maximum atomic E-state index is 11.9. The molecule has 0 radical (unpaired) electrons. The average Bonchev–Trinajstić information content (AvgIpc) is 2.27. The first-order chi connectivity index (χ1) is 8.04. The molecule has 1 aromatic rings. The standard InChI is InChI=1S/C12H14N2O2S/c1-10-4-5-12-11(9-10)3-2-7-14(12)17(15,16)8-6-13/h4-5,9H,2-3,7-8H2,1H3. The monoisotopic (exact) mass is 250 g/mol. The van der Waals surface area contributed by atoms with Crippen LogP contribution in [0.3, 0.4) is 0 Å². The lowest BCUT2D eigenvalue weighted by Gasteiger charge is -2.29. The highest BCUT2D eigenvalue weighted by atomic mass is 32.2. The second-order valence-electron chi connectivity index (χ2n) is 4.22. The molecule has 0 aromatic heterocycles. The summed E-state index contributed by atoms with van der Waals surface area (Å²) in [7, 11) is -3.49. The zero-order valence-electron chi connectivity index (χ0n) is 9.68. The van der Waals surface area contributed by atoms with E-state index in [9.17, 15) is 8.42 Å². The molecule has 1 aliphatic rings. The van der Waals surface area contributed by atoms with Crippen molar-refractivity contribution < 1.29 is 8.42 Å². The Morgan fingerprint density at radius 2 is 2.24 bits per heavy atom. The Labute approximate surface area is 102 Å². The van der Waals surface area contributed by atoms with Crippen LogP contribution >= 0.6 is 0 Å². The SMILES string of the molecule is Cc1ccc2c(c1)CCCN2S(=O)(=O)CC#N. The van der Waals surface area contributed by atoms with Gasteiger partial charge in [-0.15, -0.1) is 0 Å². The van der Waals surface area contributed by atoms with Crippen molar-refractivity contribution in [3.63, 3.8) is 0 Å². The highest BCUT2D eigenvalue weighted by Gasteiger charge is 2.26. The van der Waals surface area contributed by atoms with Gasteiger partial charge in [-0.05, 0) is 31.4 Å². The van der Waals surface area contributed by atoms with Crippen molar-refractivity contribution in [1.29, 1.82) is 5.26 Å². The fourth-order valence-corrected chi connectivity index (χ4v) is 3.34. The third kappa shape index (κ3) is 2.27. The molecule has 0 saturated carbocycles. The van der Waals surface area contributed by atoms with Gasteiger partial charge in [0.2, 0.25) is 10.0 Å². The average molecular weight is 250 g/mol. The number of hydrogen-bond acceptors (Lipinski definition) is 3. The number of nitriles is 1. The van der Waals surface area contributed by atoms with Gasteiger partial charge in [-0.2, -0.15) is 5.26 Å². The molecule has 0 atom stereocenters. The van der Waals surface area contributed by atoms with Crippen LogP contribution in [0.4, 0.5) is 5.69 Å². The largest absolute Gasteiger partial charge is 0.269 e. The third-order valence-electron chi connectivity index (χ3n) is 2.89. The summed E-state index contributed by atoms with van der Waals surface area (Å²) in [4.78, 5) is 0. The van der Waals surface area contributed by atoms with Gasteiger partial charge in [-0.1, -0.05) is 17.7 Å². The Morgan fingerprint density at radius 3 is 2.94 bits per heavy atom. The summed E-state index contributed by atoms with van der Waals surface area (Å²) in [6.45, 7) is 2.46. The molecular weight excluding hydrogens is 236 g/mol. The predicted molar refractivity (Wildman–Crippen MR) is 66.2 cm³/mol. The van der Waals surface area contributed by atoms with Crippen LogP contribution in [0, 0.1) is 18.3 Å². The van der Waals surface area contributed by atoms with Crippen LogP contribution in [0.1, 0.15) is 17.5 Å². The molecule has 0 saturated heterocycles. The van der Waals surface area contributed by atoms with Crippen molar-refractivity contribution in [2.75, 3.05) is 16.6 Å². The number of sulfonamides is 1. The van der Waals surface area contributed by atoms with E-state index in [1.165, 1.54) is 4.31 Å². The number of anilines is 1. The summed E-state index contributed by atoms with van der Waals surface area (Å²) in [5.41, 5.74) is 2.91. The van der Waals surface area contributed by atoms with E-state index >= 15 is 0 Å². The lowest BCUT2D eigenvalue weighted by Crippen LogP contribution is -2.36. The summed E-state index contributed by atoms with van der Waals surface area (Å²) in [6, 6.07) is 7.47. The molecule has 0 bridgehead atoms. The molecular formula is C12H14N2O2S. The van der Waals surface area contributed by atoms with E-state index in [1.807, 2.05) is 25.1 Å². The minimum Gasteiger partial charge on any atom is -0.269 e. The Balaban J connectivity index is 2.46. The van der Waals surface area contributed by atoms with Gasteiger partial charge in [-0.3, -0.25) is 4.31 Å². The molecule has 0 fully saturated rings. The van der Waals surface area contributed by atoms with E-state index in [4.69, 9.17) is 5.26 Å². The van der Waals surface area contributed by atoms with Crippen molar-refractivity contribution in [1.82, 2.24) is 0 Å². The maximum absolute atomic E-state index is 11.9. The molecule has 0 unspecified atom stereocenters. The quantitative estimate of drug-likeness (QED) is 0.801. The molecule has 1 aromatic carbocycles. The lowest BCUT2D eigenvalue weighted by molar-refractivity contribution is 0.590. The van der Waals surface area contributed by atoms with E-state index in [1.54, 1.807) is 6.07 Å². The highest BCUT2D eigenvalue weighted by Crippen LogP contribution is 2.30. The fourth-order valence-electron chi connectivity index (χ4n) is 2.14. The van der Waals surface area contributed by atoms with Crippen LogP contribution in [0.2, 0.25) is 0 Å². The molecule has 17 heavy (non-hydrogen) atoms. The maximum Gasteiger partial charge on any atom is 0.248 e. The fraction of sp³-hybridized carbons (Fsp3) is 0.417. The van der Waals surface area contributed by atoms with Gasteiger partial charge < -0.3 is 0 Å². The first-order valence-electron chi connectivity index (χ1n) is 5.51. The number of rotatable bonds is 2. The zero-order chi connectivity index (χ0) is 12.5. The molecule has 4 nitrogen and oxygen atoms in total. The van der Waals surface area contributed by atoms with E-state index in [0.29, 0.717) is 6.54 Å². The highest BCUT2D eigenvalue weighted by molar-refractivity contribution is 7.93. The molecule has 90 valence electrons. The van der Waals surface area contributed by atoms with Gasteiger partial charge in [-0.25, -0.2) is 8.42 Å². The van der Waals surface area contributed by atoms with E-state index in [2.05, 4.69) is 0 Å². The van der Waals surface area contributed by atoms with Crippen molar-refractivity contribution >= 4 is 15.7 Å². The number of nitrogens with zero attached hydrogens (tertiary/aromatic N) is 2. The van der Waals surface area contributed by atoms with Crippen molar-refractivity contribution in [2.45, 2.75) is 19.8 Å². The van der Waals surface area contributed by atoms with Gasteiger partial charge in [0.25, 0.3) is 0 Å². The topological polar surface area (TPSA) is 61.2 Å². The third-order valence-corrected chi connectivity index (χ3v) is 4.44. The Morgan fingerprint density at radius 1 is 1.47 bits per heavy atom. The van der Waals surface area contributed by atoms with Crippen LogP contribution in [0.25, 0.3) is 0 Å². The summed E-state index contributed by atoms with van der Waals surface area (Å²) < 4.78 is 25.2. The van der Waals surface area contributed by atoms with Crippen molar-refractivity contribution in [3.05, 3.63) is 29.3 Å². The van der Waals surface area contributed by atoms with Crippen molar-refractivity contribution in [2.24, 2.45) is 0 Å². The number of hydrogen-bond donors (Lipinski definition) is 0. The normalized spacial score (nSPS) is 15.2. The van der Waals surface area contributed by atoms with Crippen LogP contribution in [-0.4, -0.2) is 20.7 Å². The van der Waals surface area contributed by atoms with Crippen LogP contribution in [0.5, 0.6) is 0 Å². The second-order valence-corrected chi connectivity index (χ2v) is 6.12. The lowest BCUT2D eigenvalue weighted by atomic mass is 10.0. The second kappa shape index (κ2) is 4.38. The summed E-state index contributed by atoms with van der Waals surface area (Å²) in [5.74, 6) is -0.458. The predicted octanol–water partition coefficient (Wildman–Crippen LogP) is 1.60. The Kier molecular flexibility index (Phi) is 3.07. The molecule has 5 heteroatoms.